The first-order valence-corrected chi connectivity index (χ1v) is 19.0. The topological polar surface area (TPSA) is 184 Å². The van der Waals surface area contributed by atoms with Gasteiger partial charge < -0.3 is 25.0 Å². The third kappa shape index (κ3) is 8.95. The Morgan fingerprint density at radius 1 is 1.10 bits per heavy atom. The average Bonchev–Trinajstić information content (AvgIpc) is 3.33. The van der Waals surface area contributed by atoms with Gasteiger partial charge in [-0.05, 0) is 63.6 Å². The Morgan fingerprint density at radius 2 is 1.84 bits per heavy atom. The van der Waals surface area contributed by atoms with Crippen molar-refractivity contribution in [2.75, 3.05) is 20.6 Å². The van der Waals surface area contributed by atoms with Gasteiger partial charge >= 0.3 is 22.4 Å². The summed E-state index contributed by atoms with van der Waals surface area (Å²) in [5.41, 5.74) is -0.718. The Kier molecular flexibility index (Phi) is 11.3. The molecule has 280 valence electrons. The van der Waals surface area contributed by atoms with Crippen molar-refractivity contribution >= 4 is 51.7 Å². The number of benzene rings is 1. The number of fused-ring (bicyclic) bond motifs is 3. The molecule has 1 saturated heterocycles. The summed E-state index contributed by atoms with van der Waals surface area (Å²) in [6.45, 7) is 5.45. The zero-order valence-corrected chi connectivity index (χ0v) is 31.1. The van der Waals surface area contributed by atoms with Crippen LogP contribution in [-0.2, 0) is 47.2 Å². The standard InChI is InChI=1S/C34H47ClN6O9S/c1-33(2,3)50-31(45)36-26-15-10-8-6-7-9-13-22-17-34(22,30(44)38-51(47,48)39(4)5)37-28(42)27-16-23(19-41(27)29(26)43)49-32(46)40-18-21-12-11-14-25(35)24(21)20-40/h9,11-14,22-23,26-27H,6-8,10,15-20H2,1-5H3,(H,36,45)(H,37,42)(H,38,44)/b13-9-/t22-,23+,26-,27-,34-/m0/s1. The van der Waals surface area contributed by atoms with E-state index in [2.05, 4.69) is 15.4 Å². The number of rotatable bonds is 5. The molecule has 0 unspecified atom stereocenters. The lowest BCUT2D eigenvalue weighted by molar-refractivity contribution is -0.141. The summed E-state index contributed by atoms with van der Waals surface area (Å²) in [5.74, 6) is -2.69. The van der Waals surface area contributed by atoms with Crippen LogP contribution in [0.25, 0.3) is 0 Å². The molecule has 4 aliphatic rings. The van der Waals surface area contributed by atoms with Crippen LogP contribution in [0.4, 0.5) is 9.59 Å². The Hall–Kier alpha value is -3.89. The fourth-order valence-corrected chi connectivity index (χ4v) is 7.49. The number of alkyl carbamates (subject to hydrolysis) is 1. The Labute approximate surface area is 303 Å². The van der Waals surface area contributed by atoms with E-state index in [1.165, 1.54) is 23.9 Å². The summed E-state index contributed by atoms with van der Waals surface area (Å²) in [7, 11) is -1.64. The average molecular weight is 751 g/mol. The highest BCUT2D eigenvalue weighted by atomic mass is 35.5. The van der Waals surface area contributed by atoms with Crippen molar-refractivity contribution in [1.82, 2.24) is 29.5 Å². The molecule has 0 spiro atoms. The summed E-state index contributed by atoms with van der Waals surface area (Å²) in [6.07, 6.45) is 4.38. The van der Waals surface area contributed by atoms with Gasteiger partial charge in [0, 0.05) is 38.0 Å². The van der Waals surface area contributed by atoms with Crippen LogP contribution in [-0.4, -0.2) is 102 Å². The summed E-state index contributed by atoms with van der Waals surface area (Å²) in [5, 5.41) is 5.98. The molecule has 0 aromatic heterocycles. The van der Waals surface area contributed by atoms with Crippen LogP contribution >= 0.6 is 11.6 Å². The van der Waals surface area contributed by atoms with Gasteiger partial charge in [-0.3, -0.25) is 19.3 Å². The van der Waals surface area contributed by atoms with Gasteiger partial charge in [0.1, 0.15) is 29.3 Å². The van der Waals surface area contributed by atoms with E-state index in [0.717, 1.165) is 28.3 Å². The van der Waals surface area contributed by atoms with E-state index < -0.39 is 75.4 Å². The van der Waals surface area contributed by atoms with E-state index in [-0.39, 0.29) is 38.9 Å². The zero-order chi connectivity index (χ0) is 37.3. The number of carbonyl (C=O) groups is 5. The zero-order valence-electron chi connectivity index (χ0n) is 29.6. The summed E-state index contributed by atoms with van der Waals surface area (Å²) in [6, 6.07) is 3.14. The van der Waals surface area contributed by atoms with Gasteiger partial charge in [-0.25, -0.2) is 14.3 Å². The smallest absolute Gasteiger partial charge is 0.410 e. The molecule has 15 nitrogen and oxygen atoms in total. The lowest BCUT2D eigenvalue weighted by atomic mass is 10.0. The minimum Gasteiger partial charge on any atom is -0.444 e. The van der Waals surface area contributed by atoms with Crippen LogP contribution in [0.5, 0.6) is 0 Å². The second kappa shape index (κ2) is 15.0. The highest BCUT2D eigenvalue weighted by Gasteiger charge is 2.62. The first-order valence-electron chi connectivity index (χ1n) is 17.2. The first kappa shape index (κ1) is 38.3. The van der Waals surface area contributed by atoms with Crippen LogP contribution in [0, 0.1) is 5.92 Å². The van der Waals surface area contributed by atoms with E-state index >= 15 is 0 Å². The number of allylic oxidation sites excluding steroid dienone is 1. The quantitative estimate of drug-likeness (QED) is 0.381. The first-order chi connectivity index (χ1) is 23.9. The molecule has 5 rings (SSSR count). The van der Waals surface area contributed by atoms with Crippen LogP contribution < -0.4 is 15.4 Å². The maximum absolute atomic E-state index is 14.3. The third-order valence-electron chi connectivity index (χ3n) is 9.49. The predicted molar refractivity (Wildman–Crippen MR) is 186 cm³/mol. The lowest BCUT2D eigenvalue weighted by Crippen LogP contribution is -2.58. The minimum atomic E-state index is -4.18. The molecule has 1 saturated carbocycles. The van der Waals surface area contributed by atoms with E-state index in [9.17, 15) is 32.4 Å². The fourth-order valence-electron chi connectivity index (χ4n) is 6.64. The second-order valence-electron chi connectivity index (χ2n) is 14.7. The summed E-state index contributed by atoms with van der Waals surface area (Å²) in [4.78, 5) is 71.0. The molecule has 5 atom stereocenters. The van der Waals surface area contributed by atoms with Gasteiger partial charge in [-0.1, -0.05) is 48.7 Å². The monoisotopic (exact) mass is 750 g/mol. The number of nitrogens with zero attached hydrogens (tertiary/aromatic N) is 3. The molecule has 1 aliphatic carbocycles. The molecule has 51 heavy (non-hydrogen) atoms. The fraction of sp³-hybridized carbons (Fsp3) is 0.618. The van der Waals surface area contributed by atoms with Crippen molar-refractivity contribution in [2.24, 2.45) is 5.92 Å². The van der Waals surface area contributed by atoms with Crippen LogP contribution in [0.15, 0.2) is 30.4 Å². The molecule has 3 aliphatic heterocycles. The van der Waals surface area contributed by atoms with E-state index in [0.29, 0.717) is 17.9 Å². The Bertz CT molecular complexity index is 1700. The largest absolute Gasteiger partial charge is 0.444 e. The van der Waals surface area contributed by atoms with Crippen molar-refractivity contribution in [1.29, 1.82) is 0 Å². The number of halogens is 1. The van der Waals surface area contributed by atoms with Crippen molar-refractivity contribution in [3.05, 3.63) is 46.5 Å². The van der Waals surface area contributed by atoms with E-state index in [1.807, 2.05) is 12.1 Å². The van der Waals surface area contributed by atoms with Gasteiger partial charge in [-0.2, -0.15) is 12.7 Å². The molecule has 1 aromatic rings. The Morgan fingerprint density at radius 3 is 2.53 bits per heavy atom. The SMILES string of the molecule is CN(C)S(=O)(=O)NC(=O)[C@]12C[C@@H]1/C=C\CCCCC[C@H](NC(=O)OC(C)(C)C)C(=O)N1C[C@H](OC(=O)N3Cc4cccc(Cl)c4C3)C[C@H]1C(=O)N2. The molecule has 0 bridgehead atoms. The number of carbonyl (C=O) groups excluding carboxylic acids is 5. The molecule has 3 N–H and O–H groups in total. The van der Waals surface area contributed by atoms with Gasteiger partial charge in [0.25, 0.3) is 5.91 Å². The van der Waals surface area contributed by atoms with Gasteiger partial charge in [0.05, 0.1) is 13.1 Å². The molecule has 5 amide bonds. The van der Waals surface area contributed by atoms with Crippen LogP contribution in [0.1, 0.15) is 76.8 Å². The van der Waals surface area contributed by atoms with E-state index in [4.69, 9.17) is 21.1 Å². The Balaban J connectivity index is 1.41. The van der Waals surface area contributed by atoms with Crippen LogP contribution in [0.3, 0.4) is 0 Å². The second-order valence-corrected chi connectivity index (χ2v) is 17.0. The maximum atomic E-state index is 14.3. The minimum absolute atomic E-state index is 0.0990. The van der Waals surface area contributed by atoms with Gasteiger partial charge in [0.15, 0.2) is 0 Å². The number of nitrogens with one attached hydrogen (secondary N) is 3. The van der Waals surface area contributed by atoms with Crippen LogP contribution in [0.2, 0.25) is 5.02 Å². The molecule has 2 fully saturated rings. The number of amides is 5. The molecule has 3 heterocycles. The summed E-state index contributed by atoms with van der Waals surface area (Å²) < 4.78 is 39.4. The number of ether oxygens (including phenoxy) is 2. The normalized spacial score (nSPS) is 27.6. The number of hydrogen-bond acceptors (Lipinski definition) is 9. The number of hydrogen-bond donors (Lipinski definition) is 3. The van der Waals surface area contributed by atoms with E-state index in [1.54, 1.807) is 39.0 Å². The summed E-state index contributed by atoms with van der Waals surface area (Å²) >= 11 is 6.34. The molecular weight excluding hydrogens is 704 g/mol. The van der Waals surface area contributed by atoms with Gasteiger partial charge in [-0.15, -0.1) is 0 Å². The van der Waals surface area contributed by atoms with Crippen molar-refractivity contribution in [3.63, 3.8) is 0 Å². The molecule has 0 radical (unpaired) electrons. The predicted octanol–water partition coefficient (Wildman–Crippen LogP) is 2.97. The lowest BCUT2D eigenvalue weighted by Gasteiger charge is -2.30. The van der Waals surface area contributed by atoms with Crippen molar-refractivity contribution < 1.29 is 41.9 Å². The highest BCUT2D eigenvalue weighted by Crippen LogP contribution is 2.46. The van der Waals surface area contributed by atoms with Gasteiger partial charge in [0.2, 0.25) is 11.8 Å². The van der Waals surface area contributed by atoms with Crippen molar-refractivity contribution in [3.8, 4) is 0 Å². The molecule has 17 heteroatoms. The highest BCUT2D eigenvalue weighted by molar-refractivity contribution is 7.87. The third-order valence-corrected chi connectivity index (χ3v) is 11.2. The molecular formula is C34H47ClN6O9S. The van der Waals surface area contributed by atoms with Crippen molar-refractivity contribution in [2.45, 2.75) is 108 Å². The maximum Gasteiger partial charge on any atom is 0.410 e. The molecule has 1 aromatic carbocycles.